The second kappa shape index (κ2) is 9.09. The summed E-state index contributed by atoms with van der Waals surface area (Å²) in [5.41, 5.74) is 6.11. The lowest BCUT2D eigenvalue weighted by Crippen LogP contribution is -2.46. The molecular formula is C16H24N2O6. The Morgan fingerprint density at radius 1 is 1.29 bits per heavy atom. The zero-order valence-electron chi connectivity index (χ0n) is 14.0. The summed E-state index contributed by atoms with van der Waals surface area (Å²) in [7, 11) is 2.98. The van der Waals surface area contributed by atoms with E-state index in [2.05, 4.69) is 5.32 Å². The molecule has 1 amide bonds. The molecule has 0 radical (unpaired) electrons. The van der Waals surface area contributed by atoms with Gasteiger partial charge in [0.05, 0.1) is 26.3 Å². The number of carboxylic acids is 1. The largest absolute Gasteiger partial charge is 0.497 e. The van der Waals surface area contributed by atoms with E-state index in [4.69, 9.17) is 20.3 Å². The molecule has 0 aliphatic carbocycles. The summed E-state index contributed by atoms with van der Waals surface area (Å²) < 4.78 is 10.3. The van der Waals surface area contributed by atoms with Gasteiger partial charge in [0.15, 0.2) is 0 Å². The number of benzene rings is 1. The van der Waals surface area contributed by atoms with E-state index in [0.29, 0.717) is 17.1 Å². The third kappa shape index (κ3) is 5.39. The molecule has 24 heavy (non-hydrogen) atoms. The second-order valence-corrected chi connectivity index (χ2v) is 5.39. The van der Waals surface area contributed by atoms with Crippen molar-refractivity contribution < 1.29 is 29.3 Å². The van der Waals surface area contributed by atoms with Crippen LogP contribution in [0.15, 0.2) is 18.2 Å². The summed E-state index contributed by atoms with van der Waals surface area (Å²) in [4.78, 5) is 22.5. The van der Waals surface area contributed by atoms with Crippen molar-refractivity contribution in [2.24, 2.45) is 5.73 Å². The van der Waals surface area contributed by atoms with Crippen LogP contribution in [0.3, 0.4) is 0 Å². The number of carbonyl (C=O) groups is 2. The number of aliphatic hydroxyl groups excluding tert-OH is 1. The molecule has 0 aromatic heterocycles. The van der Waals surface area contributed by atoms with Crippen LogP contribution in [0.1, 0.15) is 31.4 Å². The molecule has 8 heteroatoms. The van der Waals surface area contributed by atoms with Crippen molar-refractivity contribution in [2.75, 3.05) is 14.2 Å². The van der Waals surface area contributed by atoms with Crippen molar-refractivity contribution in [3.63, 3.8) is 0 Å². The third-order valence-corrected chi connectivity index (χ3v) is 3.61. The van der Waals surface area contributed by atoms with E-state index >= 15 is 0 Å². The standard InChI is InChI=1S/C16H24N2O6/c1-9(18-16(22)12(17)5-7-14(19)20)15(21)11-8-10(23-2)4-6-13(11)24-3/h4,6,8-9,12,15,21H,5,7,17H2,1-3H3,(H,18,22)(H,19,20)/t9-,12-,15-/m0/s1. The Morgan fingerprint density at radius 2 is 1.96 bits per heavy atom. The molecule has 1 rings (SSSR count). The molecular weight excluding hydrogens is 316 g/mol. The lowest BCUT2D eigenvalue weighted by atomic mass is 10.0. The van der Waals surface area contributed by atoms with Crippen LogP contribution >= 0.6 is 0 Å². The summed E-state index contributed by atoms with van der Waals surface area (Å²) in [6.45, 7) is 1.62. The fourth-order valence-electron chi connectivity index (χ4n) is 2.16. The number of carbonyl (C=O) groups excluding carboxylic acids is 1. The second-order valence-electron chi connectivity index (χ2n) is 5.39. The van der Waals surface area contributed by atoms with Crippen molar-refractivity contribution in [1.29, 1.82) is 0 Å². The van der Waals surface area contributed by atoms with Gasteiger partial charge in [0.2, 0.25) is 5.91 Å². The van der Waals surface area contributed by atoms with Gasteiger partial charge in [-0.1, -0.05) is 0 Å². The van der Waals surface area contributed by atoms with E-state index < -0.39 is 30.1 Å². The van der Waals surface area contributed by atoms with Crippen LogP contribution in [0.25, 0.3) is 0 Å². The monoisotopic (exact) mass is 340 g/mol. The highest BCUT2D eigenvalue weighted by Gasteiger charge is 2.24. The first-order valence-corrected chi connectivity index (χ1v) is 7.47. The Hall–Kier alpha value is -2.32. The molecule has 8 nitrogen and oxygen atoms in total. The number of hydrogen-bond donors (Lipinski definition) is 4. The van der Waals surface area contributed by atoms with Crippen LogP contribution in [0, 0.1) is 0 Å². The molecule has 0 saturated carbocycles. The first-order valence-electron chi connectivity index (χ1n) is 7.47. The lowest BCUT2D eigenvalue weighted by molar-refractivity contribution is -0.137. The van der Waals surface area contributed by atoms with Crippen LogP contribution in [0.4, 0.5) is 0 Å². The fourth-order valence-corrected chi connectivity index (χ4v) is 2.16. The Balaban J connectivity index is 2.78. The maximum absolute atomic E-state index is 12.0. The van der Waals surface area contributed by atoms with Crippen LogP contribution < -0.4 is 20.5 Å². The van der Waals surface area contributed by atoms with E-state index in [-0.39, 0.29) is 12.8 Å². The first-order chi connectivity index (χ1) is 11.3. The van der Waals surface area contributed by atoms with Gasteiger partial charge >= 0.3 is 5.97 Å². The smallest absolute Gasteiger partial charge is 0.303 e. The Labute approximate surface area is 140 Å². The van der Waals surface area contributed by atoms with Gasteiger partial charge in [-0.05, 0) is 31.5 Å². The zero-order chi connectivity index (χ0) is 18.3. The number of hydrogen-bond acceptors (Lipinski definition) is 6. The van der Waals surface area contributed by atoms with E-state index in [1.165, 1.54) is 14.2 Å². The molecule has 0 fully saturated rings. The molecule has 0 spiro atoms. The van der Waals surface area contributed by atoms with Crippen LogP contribution in [0.2, 0.25) is 0 Å². The van der Waals surface area contributed by atoms with Gasteiger partial charge in [0.1, 0.15) is 17.6 Å². The summed E-state index contributed by atoms with van der Waals surface area (Å²) in [6, 6.07) is 3.36. The Bertz CT molecular complexity index is 578. The predicted octanol–water partition coefficient (Wildman–Crippen LogP) is 0.434. The number of methoxy groups -OCH3 is 2. The van der Waals surface area contributed by atoms with Crippen molar-refractivity contribution in [3.8, 4) is 11.5 Å². The Kier molecular flexibility index (Phi) is 7.47. The molecule has 0 saturated heterocycles. The van der Waals surface area contributed by atoms with E-state index in [0.717, 1.165) is 0 Å². The topological polar surface area (TPSA) is 131 Å². The summed E-state index contributed by atoms with van der Waals surface area (Å²) >= 11 is 0. The lowest BCUT2D eigenvalue weighted by Gasteiger charge is -2.24. The molecule has 0 unspecified atom stereocenters. The highest BCUT2D eigenvalue weighted by atomic mass is 16.5. The number of aliphatic carboxylic acids is 1. The number of nitrogens with one attached hydrogen (secondary N) is 1. The molecule has 5 N–H and O–H groups in total. The number of nitrogens with two attached hydrogens (primary N) is 1. The van der Waals surface area contributed by atoms with E-state index in [1.807, 2.05) is 0 Å². The molecule has 3 atom stereocenters. The number of aliphatic hydroxyl groups is 1. The minimum Gasteiger partial charge on any atom is -0.497 e. The number of carboxylic acid groups (broad SMARTS) is 1. The van der Waals surface area contributed by atoms with Crippen LogP contribution in [-0.4, -0.2) is 48.4 Å². The minimum absolute atomic E-state index is 0.0203. The normalized spacial score (nSPS) is 14.4. The molecule has 1 aromatic rings. The SMILES string of the molecule is COc1ccc(OC)c([C@@H](O)[C@H](C)NC(=O)[C@@H](N)CCC(=O)O)c1. The molecule has 1 aromatic carbocycles. The highest BCUT2D eigenvalue weighted by Crippen LogP contribution is 2.31. The van der Waals surface area contributed by atoms with E-state index in [1.54, 1.807) is 25.1 Å². The van der Waals surface area contributed by atoms with Crippen molar-refractivity contribution in [1.82, 2.24) is 5.32 Å². The van der Waals surface area contributed by atoms with Gasteiger partial charge in [-0.3, -0.25) is 9.59 Å². The quantitative estimate of drug-likeness (QED) is 0.513. The number of rotatable bonds is 9. The number of amides is 1. The van der Waals surface area contributed by atoms with Gasteiger partial charge < -0.3 is 30.7 Å². The molecule has 0 heterocycles. The highest BCUT2D eigenvalue weighted by molar-refractivity contribution is 5.82. The van der Waals surface area contributed by atoms with Crippen molar-refractivity contribution in [2.45, 2.75) is 38.0 Å². The van der Waals surface area contributed by atoms with Gasteiger partial charge in [-0.15, -0.1) is 0 Å². The third-order valence-electron chi connectivity index (χ3n) is 3.61. The average molecular weight is 340 g/mol. The van der Waals surface area contributed by atoms with Gasteiger partial charge in [0.25, 0.3) is 0 Å². The maximum atomic E-state index is 12.0. The molecule has 0 aliphatic heterocycles. The number of ether oxygens (including phenoxy) is 2. The van der Waals surface area contributed by atoms with Crippen molar-refractivity contribution in [3.05, 3.63) is 23.8 Å². The average Bonchev–Trinajstić information content (AvgIpc) is 2.57. The fraction of sp³-hybridized carbons (Fsp3) is 0.500. The van der Waals surface area contributed by atoms with Crippen LogP contribution in [-0.2, 0) is 9.59 Å². The molecule has 0 aliphatic rings. The van der Waals surface area contributed by atoms with Crippen molar-refractivity contribution >= 4 is 11.9 Å². The summed E-state index contributed by atoms with van der Waals surface area (Å²) in [6.07, 6.45) is -1.23. The maximum Gasteiger partial charge on any atom is 0.303 e. The summed E-state index contributed by atoms with van der Waals surface area (Å²) in [5, 5.41) is 21.7. The molecule has 134 valence electrons. The Morgan fingerprint density at radius 3 is 2.50 bits per heavy atom. The summed E-state index contributed by atoms with van der Waals surface area (Å²) in [5.74, 6) is -0.543. The van der Waals surface area contributed by atoms with Crippen LogP contribution in [0.5, 0.6) is 11.5 Å². The van der Waals surface area contributed by atoms with Gasteiger partial charge in [-0.25, -0.2) is 0 Å². The minimum atomic E-state index is -1.05. The first kappa shape index (κ1) is 19.7. The van der Waals surface area contributed by atoms with E-state index in [9.17, 15) is 14.7 Å². The van der Waals surface area contributed by atoms with Gasteiger partial charge in [-0.2, -0.15) is 0 Å². The van der Waals surface area contributed by atoms with Gasteiger partial charge in [0, 0.05) is 12.0 Å². The molecule has 0 bridgehead atoms. The zero-order valence-corrected chi connectivity index (χ0v) is 14.0. The predicted molar refractivity (Wildman–Crippen MR) is 87.0 cm³/mol.